The Balaban J connectivity index is 1.64. The maximum absolute atomic E-state index is 12.8. The molecule has 6 heteroatoms. The molecule has 1 aromatic heterocycles. The van der Waals surface area contributed by atoms with Gasteiger partial charge < -0.3 is 15.0 Å². The third-order valence-electron chi connectivity index (χ3n) is 4.84. The summed E-state index contributed by atoms with van der Waals surface area (Å²) in [6, 6.07) is 12.0. The van der Waals surface area contributed by atoms with Crippen LogP contribution in [0.4, 0.5) is 0 Å². The molecule has 3 rings (SSSR count). The first-order chi connectivity index (χ1) is 13.1. The molecule has 146 valence electrons. The van der Waals surface area contributed by atoms with Gasteiger partial charge in [-0.3, -0.25) is 9.69 Å². The number of rotatable bonds is 9. The number of nitrogens with one attached hydrogen (secondary N) is 1. The van der Waals surface area contributed by atoms with Crippen LogP contribution in [0.3, 0.4) is 0 Å². The molecule has 1 N–H and O–H groups in total. The molecule has 1 aliphatic heterocycles. The number of thiophene rings is 1. The van der Waals surface area contributed by atoms with Gasteiger partial charge in [0.2, 0.25) is 0 Å². The fourth-order valence-electron chi connectivity index (χ4n) is 3.35. The Morgan fingerprint density at radius 1 is 1.22 bits per heavy atom. The van der Waals surface area contributed by atoms with E-state index in [1.807, 2.05) is 38.4 Å². The first-order valence-electron chi connectivity index (χ1n) is 9.57. The molecule has 1 saturated heterocycles. The lowest BCUT2D eigenvalue weighted by Crippen LogP contribution is -2.36. The van der Waals surface area contributed by atoms with Crippen molar-refractivity contribution in [2.75, 3.05) is 46.9 Å². The maximum atomic E-state index is 12.8. The molecule has 5 nitrogen and oxygen atoms in total. The normalized spacial score (nSPS) is 15.8. The Hall–Kier alpha value is -1.89. The predicted molar refractivity (Wildman–Crippen MR) is 111 cm³/mol. The van der Waals surface area contributed by atoms with Gasteiger partial charge in [0.25, 0.3) is 5.91 Å². The van der Waals surface area contributed by atoms with E-state index in [-0.39, 0.29) is 11.9 Å². The number of likely N-dealkylation sites (tertiary alicyclic amines) is 1. The summed E-state index contributed by atoms with van der Waals surface area (Å²) < 4.78 is 5.84. The monoisotopic (exact) mass is 387 g/mol. The van der Waals surface area contributed by atoms with Crippen LogP contribution in [0.5, 0.6) is 5.75 Å². The number of hydrogen-bond acceptors (Lipinski definition) is 5. The van der Waals surface area contributed by atoms with Crippen molar-refractivity contribution in [3.63, 3.8) is 0 Å². The zero-order valence-electron chi connectivity index (χ0n) is 16.2. The Bertz CT molecular complexity index is 712. The lowest BCUT2D eigenvalue weighted by atomic mass is 10.1. The summed E-state index contributed by atoms with van der Waals surface area (Å²) in [5, 5.41) is 5.24. The average molecular weight is 388 g/mol. The van der Waals surface area contributed by atoms with Gasteiger partial charge in [-0.2, -0.15) is 0 Å². The van der Waals surface area contributed by atoms with Crippen molar-refractivity contribution in [1.82, 2.24) is 15.1 Å². The molecule has 1 aliphatic rings. The molecule has 1 fully saturated rings. The van der Waals surface area contributed by atoms with Gasteiger partial charge in [-0.05, 0) is 63.6 Å². The fourth-order valence-corrected chi connectivity index (χ4v) is 4.21. The Kier molecular flexibility index (Phi) is 7.26. The van der Waals surface area contributed by atoms with Gasteiger partial charge in [-0.15, -0.1) is 11.3 Å². The molecular formula is C21H29N3O2S. The van der Waals surface area contributed by atoms with Crippen molar-refractivity contribution in [2.45, 2.75) is 18.9 Å². The highest BCUT2D eigenvalue weighted by atomic mass is 32.1. The summed E-state index contributed by atoms with van der Waals surface area (Å²) >= 11 is 1.76. The van der Waals surface area contributed by atoms with Gasteiger partial charge in [-0.1, -0.05) is 18.2 Å². The standard InChI is InChI=1S/C21H29N3O2S/c1-23(2)13-14-26-19-9-4-3-8-17(19)21(25)22-16-18(20-10-7-15-27-20)24-11-5-6-12-24/h3-4,7-10,15,18H,5-6,11-14,16H2,1-2H3,(H,22,25). The van der Waals surface area contributed by atoms with E-state index in [1.54, 1.807) is 11.3 Å². The number of para-hydroxylation sites is 1. The van der Waals surface area contributed by atoms with E-state index in [2.05, 4.69) is 32.6 Å². The second-order valence-electron chi connectivity index (χ2n) is 7.13. The summed E-state index contributed by atoms with van der Waals surface area (Å²) in [5.74, 6) is 0.571. The van der Waals surface area contributed by atoms with Crippen molar-refractivity contribution < 1.29 is 9.53 Å². The van der Waals surface area contributed by atoms with Gasteiger partial charge in [0.15, 0.2) is 0 Å². The SMILES string of the molecule is CN(C)CCOc1ccccc1C(=O)NCC(c1cccs1)N1CCCC1. The third kappa shape index (κ3) is 5.54. The molecule has 1 amide bonds. The molecule has 0 aliphatic carbocycles. The van der Waals surface area contributed by atoms with Gasteiger partial charge in [0.1, 0.15) is 12.4 Å². The van der Waals surface area contributed by atoms with E-state index in [4.69, 9.17) is 4.74 Å². The van der Waals surface area contributed by atoms with Gasteiger partial charge in [-0.25, -0.2) is 0 Å². The Labute approximate surface area is 165 Å². The second kappa shape index (κ2) is 9.88. The first kappa shape index (κ1) is 19.9. The molecule has 1 unspecified atom stereocenters. The van der Waals surface area contributed by atoms with E-state index in [0.29, 0.717) is 24.5 Å². The van der Waals surface area contributed by atoms with E-state index in [9.17, 15) is 4.79 Å². The minimum absolute atomic E-state index is 0.0730. The second-order valence-corrected chi connectivity index (χ2v) is 8.11. The molecule has 1 aromatic carbocycles. The average Bonchev–Trinajstić information content (AvgIpc) is 3.36. The van der Waals surface area contributed by atoms with Crippen LogP contribution in [-0.4, -0.2) is 62.6 Å². The van der Waals surface area contributed by atoms with Crippen LogP contribution < -0.4 is 10.1 Å². The highest BCUT2D eigenvalue weighted by molar-refractivity contribution is 7.10. The number of carbonyl (C=O) groups is 1. The molecular weight excluding hydrogens is 358 g/mol. The van der Waals surface area contributed by atoms with Crippen molar-refractivity contribution in [3.05, 3.63) is 52.2 Å². The molecule has 2 heterocycles. The summed E-state index contributed by atoms with van der Waals surface area (Å²) in [5.41, 5.74) is 0.600. The van der Waals surface area contributed by atoms with Crippen LogP contribution in [-0.2, 0) is 0 Å². The van der Waals surface area contributed by atoms with E-state index >= 15 is 0 Å². The van der Waals surface area contributed by atoms with E-state index in [1.165, 1.54) is 17.7 Å². The van der Waals surface area contributed by atoms with Crippen molar-refractivity contribution in [1.29, 1.82) is 0 Å². The minimum Gasteiger partial charge on any atom is -0.491 e. The largest absolute Gasteiger partial charge is 0.491 e. The van der Waals surface area contributed by atoms with Crippen LogP contribution >= 0.6 is 11.3 Å². The highest BCUT2D eigenvalue weighted by Gasteiger charge is 2.25. The van der Waals surface area contributed by atoms with Gasteiger partial charge >= 0.3 is 0 Å². The number of nitrogens with zero attached hydrogens (tertiary/aromatic N) is 2. The number of hydrogen-bond donors (Lipinski definition) is 1. The predicted octanol–water partition coefficient (Wildman–Crippen LogP) is 3.26. The Morgan fingerprint density at radius 3 is 2.70 bits per heavy atom. The molecule has 0 bridgehead atoms. The Morgan fingerprint density at radius 2 is 2.00 bits per heavy atom. The zero-order valence-corrected chi connectivity index (χ0v) is 17.0. The quantitative estimate of drug-likeness (QED) is 0.717. The van der Waals surface area contributed by atoms with E-state index < -0.39 is 0 Å². The first-order valence-corrected chi connectivity index (χ1v) is 10.5. The smallest absolute Gasteiger partial charge is 0.255 e. The van der Waals surface area contributed by atoms with E-state index in [0.717, 1.165) is 19.6 Å². The lowest BCUT2D eigenvalue weighted by molar-refractivity contribution is 0.0934. The third-order valence-corrected chi connectivity index (χ3v) is 5.81. The molecule has 2 aromatic rings. The number of benzene rings is 1. The number of likely N-dealkylation sites (N-methyl/N-ethyl adjacent to an activating group) is 1. The summed E-state index contributed by atoms with van der Waals surface area (Å²) in [6.45, 7) is 4.19. The fraction of sp³-hybridized carbons (Fsp3) is 0.476. The number of carbonyl (C=O) groups excluding carboxylic acids is 1. The number of amides is 1. The topological polar surface area (TPSA) is 44.8 Å². The van der Waals surface area contributed by atoms with Crippen LogP contribution in [0.25, 0.3) is 0 Å². The maximum Gasteiger partial charge on any atom is 0.255 e. The number of ether oxygens (including phenoxy) is 1. The van der Waals surface area contributed by atoms with Gasteiger partial charge in [0, 0.05) is 18.0 Å². The molecule has 1 atom stereocenters. The lowest BCUT2D eigenvalue weighted by Gasteiger charge is -2.27. The highest BCUT2D eigenvalue weighted by Crippen LogP contribution is 2.28. The van der Waals surface area contributed by atoms with Crippen molar-refractivity contribution >= 4 is 17.2 Å². The summed E-state index contributed by atoms with van der Waals surface area (Å²) in [4.78, 5) is 18.7. The molecule has 0 saturated carbocycles. The molecule has 0 radical (unpaired) electrons. The van der Waals surface area contributed by atoms with Crippen LogP contribution in [0, 0.1) is 0 Å². The summed E-state index contributed by atoms with van der Waals surface area (Å²) in [7, 11) is 4.01. The van der Waals surface area contributed by atoms with Gasteiger partial charge in [0.05, 0.1) is 11.6 Å². The van der Waals surface area contributed by atoms with Crippen LogP contribution in [0.1, 0.15) is 34.1 Å². The molecule has 27 heavy (non-hydrogen) atoms. The minimum atomic E-state index is -0.0730. The van der Waals surface area contributed by atoms with Crippen molar-refractivity contribution in [3.8, 4) is 5.75 Å². The van der Waals surface area contributed by atoms with Crippen molar-refractivity contribution in [2.24, 2.45) is 0 Å². The zero-order chi connectivity index (χ0) is 19.1. The van der Waals surface area contributed by atoms with Crippen LogP contribution in [0.2, 0.25) is 0 Å². The molecule has 0 spiro atoms. The summed E-state index contributed by atoms with van der Waals surface area (Å²) in [6.07, 6.45) is 2.47. The van der Waals surface area contributed by atoms with Crippen LogP contribution in [0.15, 0.2) is 41.8 Å².